The first-order valence-electron chi connectivity index (χ1n) is 7.17. The Kier molecular flexibility index (Phi) is 3.88. The molecule has 1 atom stereocenters. The number of benzene rings is 1. The maximum absolute atomic E-state index is 14.1. The molecule has 1 N–H and O–H groups in total. The van der Waals surface area contributed by atoms with Crippen molar-refractivity contribution in [1.29, 1.82) is 0 Å². The summed E-state index contributed by atoms with van der Waals surface area (Å²) in [5.74, 6) is -0.822. The molecule has 1 aromatic rings. The van der Waals surface area contributed by atoms with Gasteiger partial charge in [0.05, 0.1) is 5.69 Å². The molecule has 0 spiro atoms. The van der Waals surface area contributed by atoms with Gasteiger partial charge in [-0.2, -0.15) is 0 Å². The number of nitrogens with zero attached hydrogens (tertiary/aromatic N) is 1. The van der Waals surface area contributed by atoms with Crippen molar-refractivity contribution < 1.29 is 18.7 Å². The molecule has 2 aliphatic heterocycles. The number of hydrogen-bond donors (Lipinski definition) is 1. The summed E-state index contributed by atoms with van der Waals surface area (Å²) in [5.41, 5.74) is 0.649. The first-order chi connectivity index (χ1) is 10.1. The van der Waals surface area contributed by atoms with Gasteiger partial charge >= 0.3 is 0 Å². The summed E-state index contributed by atoms with van der Waals surface area (Å²) in [6, 6.07) is 4.38. The fourth-order valence-electron chi connectivity index (χ4n) is 2.71. The maximum Gasteiger partial charge on any atom is 0.253 e. The second kappa shape index (κ2) is 5.81. The van der Waals surface area contributed by atoms with E-state index in [-0.39, 0.29) is 17.5 Å². The molecule has 2 heterocycles. The molecule has 0 bridgehead atoms. The van der Waals surface area contributed by atoms with Crippen molar-refractivity contribution in [1.82, 2.24) is 0 Å². The van der Waals surface area contributed by atoms with Gasteiger partial charge in [0.2, 0.25) is 5.91 Å². The molecule has 0 aromatic heterocycles. The van der Waals surface area contributed by atoms with Gasteiger partial charge in [-0.3, -0.25) is 9.59 Å². The van der Waals surface area contributed by atoms with Crippen molar-refractivity contribution >= 4 is 23.2 Å². The summed E-state index contributed by atoms with van der Waals surface area (Å²) < 4.78 is 19.4. The Hall–Kier alpha value is -1.95. The lowest BCUT2D eigenvalue weighted by molar-refractivity contribution is -0.124. The normalized spacial score (nSPS) is 21.9. The molecule has 2 saturated heterocycles. The summed E-state index contributed by atoms with van der Waals surface area (Å²) >= 11 is 0. The number of nitrogens with one attached hydrogen (secondary N) is 1. The van der Waals surface area contributed by atoms with Crippen LogP contribution >= 0.6 is 0 Å². The number of ether oxygens (including phenoxy) is 1. The monoisotopic (exact) mass is 292 g/mol. The van der Waals surface area contributed by atoms with Crippen molar-refractivity contribution in [3.05, 3.63) is 24.0 Å². The number of anilines is 2. The van der Waals surface area contributed by atoms with Crippen molar-refractivity contribution in [3.8, 4) is 0 Å². The fraction of sp³-hybridized carbons (Fsp3) is 0.467. The van der Waals surface area contributed by atoms with Gasteiger partial charge in [-0.05, 0) is 37.5 Å². The zero-order chi connectivity index (χ0) is 14.8. The van der Waals surface area contributed by atoms with Gasteiger partial charge in [-0.1, -0.05) is 0 Å². The van der Waals surface area contributed by atoms with Crippen molar-refractivity contribution in [2.45, 2.75) is 31.8 Å². The molecule has 2 aliphatic rings. The molecule has 112 valence electrons. The van der Waals surface area contributed by atoms with E-state index < -0.39 is 11.9 Å². The van der Waals surface area contributed by atoms with Gasteiger partial charge in [0, 0.05) is 25.3 Å². The number of halogens is 1. The molecule has 0 radical (unpaired) electrons. The van der Waals surface area contributed by atoms with Crippen LogP contribution in [0.5, 0.6) is 0 Å². The smallest absolute Gasteiger partial charge is 0.253 e. The molecule has 0 saturated carbocycles. The molecular weight excluding hydrogens is 275 g/mol. The highest BCUT2D eigenvalue weighted by Crippen LogP contribution is 2.27. The summed E-state index contributed by atoms with van der Waals surface area (Å²) in [5, 5.41) is 2.65. The Labute approximate surface area is 122 Å². The molecule has 5 nitrogen and oxygen atoms in total. The molecular formula is C15H17FN2O3. The Morgan fingerprint density at radius 2 is 2.24 bits per heavy atom. The third-order valence-corrected chi connectivity index (χ3v) is 3.80. The van der Waals surface area contributed by atoms with Crippen LogP contribution in [-0.2, 0) is 14.3 Å². The number of hydrogen-bond acceptors (Lipinski definition) is 3. The summed E-state index contributed by atoms with van der Waals surface area (Å²) in [6.45, 7) is 1.12. The van der Waals surface area contributed by atoms with E-state index in [9.17, 15) is 14.0 Å². The van der Waals surface area contributed by atoms with E-state index >= 15 is 0 Å². The van der Waals surface area contributed by atoms with E-state index in [0.717, 1.165) is 12.8 Å². The van der Waals surface area contributed by atoms with Crippen LogP contribution in [0.1, 0.15) is 25.7 Å². The number of carbonyl (C=O) groups excluding carboxylic acids is 2. The molecule has 6 heteroatoms. The summed E-state index contributed by atoms with van der Waals surface area (Å²) in [6.07, 6.45) is 2.30. The topological polar surface area (TPSA) is 58.6 Å². The van der Waals surface area contributed by atoms with Crippen LogP contribution in [0.3, 0.4) is 0 Å². The highest BCUT2D eigenvalue weighted by Gasteiger charge is 2.26. The van der Waals surface area contributed by atoms with E-state index in [1.54, 1.807) is 6.07 Å². The first kappa shape index (κ1) is 14.0. The SMILES string of the molecule is O=C(Nc1ccc(N2CCCC2=O)c(F)c1)[C@H]1CCCO1. The lowest BCUT2D eigenvalue weighted by Crippen LogP contribution is -2.27. The lowest BCUT2D eigenvalue weighted by Gasteiger charge is -2.17. The second-order valence-electron chi connectivity index (χ2n) is 5.31. The molecule has 21 heavy (non-hydrogen) atoms. The van der Waals surface area contributed by atoms with Crippen LogP contribution in [-0.4, -0.2) is 31.1 Å². The Bertz CT molecular complexity index is 570. The lowest BCUT2D eigenvalue weighted by atomic mass is 10.2. The number of rotatable bonds is 3. The summed E-state index contributed by atoms with van der Waals surface area (Å²) in [7, 11) is 0. The molecule has 0 aliphatic carbocycles. The van der Waals surface area contributed by atoms with Crippen molar-refractivity contribution in [2.24, 2.45) is 0 Å². The largest absolute Gasteiger partial charge is 0.368 e. The predicted octanol–water partition coefficient (Wildman–Crippen LogP) is 2.07. The average molecular weight is 292 g/mol. The molecule has 2 amide bonds. The van der Waals surface area contributed by atoms with Gasteiger partial charge in [0.1, 0.15) is 11.9 Å². The van der Waals surface area contributed by atoms with Gasteiger partial charge in [-0.15, -0.1) is 0 Å². The Morgan fingerprint density at radius 3 is 2.86 bits per heavy atom. The number of amides is 2. The van der Waals surface area contributed by atoms with E-state index in [2.05, 4.69) is 5.32 Å². The Balaban J connectivity index is 1.71. The van der Waals surface area contributed by atoms with Crippen LogP contribution < -0.4 is 10.2 Å². The van der Waals surface area contributed by atoms with Gasteiger partial charge in [-0.25, -0.2) is 4.39 Å². The average Bonchev–Trinajstić information content (AvgIpc) is 3.10. The van der Waals surface area contributed by atoms with Crippen LogP contribution in [0, 0.1) is 5.82 Å². The van der Waals surface area contributed by atoms with Crippen molar-refractivity contribution in [2.75, 3.05) is 23.4 Å². The van der Waals surface area contributed by atoms with E-state index in [0.29, 0.717) is 31.7 Å². The highest BCUT2D eigenvalue weighted by atomic mass is 19.1. The predicted molar refractivity (Wildman–Crippen MR) is 75.6 cm³/mol. The minimum absolute atomic E-state index is 0.0648. The third kappa shape index (κ3) is 2.90. The fourth-order valence-corrected chi connectivity index (χ4v) is 2.71. The quantitative estimate of drug-likeness (QED) is 0.928. The zero-order valence-corrected chi connectivity index (χ0v) is 11.6. The summed E-state index contributed by atoms with van der Waals surface area (Å²) in [4.78, 5) is 25.0. The highest BCUT2D eigenvalue weighted by molar-refractivity contribution is 5.97. The van der Waals surface area contributed by atoms with Crippen LogP contribution in [0.15, 0.2) is 18.2 Å². The molecule has 0 unspecified atom stereocenters. The zero-order valence-electron chi connectivity index (χ0n) is 11.6. The van der Waals surface area contributed by atoms with Gasteiger partial charge in [0.25, 0.3) is 5.91 Å². The maximum atomic E-state index is 14.1. The van der Waals surface area contributed by atoms with Crippen molar-refractivity contribution in [3.63, 3.8) is 0 Å². The van der Waals surface area contributed by atoms with Gasteiger partial charge in [0.15, 0.2) is 0 Å². The molecule has 2 fully saturated rings. The van der Waals surface area contributed by atoms with Crippen LogP contribution in [0.25, 0.3) is 0 Å². The molecule has 3 rings (SSSR count). The van der Waals surface area contributed by atoms with E-state index in [4.69, 9.17) is 4.74 Å². The number of carbonyl (C=O) groups is 2. The standard InChI is InChI=1S/C15H17FN2O3/c16-11-9-10(17-15(20)13-3-2-8-21-13)5-6-12(11)18-7-1-4-14(18)19/h5-6,9,13H,1-4,7-8H2,(H,17,20)/t13-/m1/s1. The minimum atomic E-state index is -0.504. The molecule has 1 aromatic carbocycles. The van der Waals surface area contributed by atoms with Crippen LogP contribution in [0.4, 0.5) is 15.8 Å². The van der Waals surface area contributed by atoms with Gasteiger partial charge < -0.3 is 15.0 Å². The van der Waals surface area contributed by atoms with E-state index in [1.165, 1.54) is 17.0 Å². The second-order valence-corrected chi connectivity index (χ2v) is 5.31. The van der Waals surface area contributed by atoms with E-state index in [1.807, 2.05) is 0 Å². The third-order valence-electron chi connectivity index (χ3n) is 3.80. The Morgan fingerprint density at radius 1 is 1.38 bits per heavy atom. The minimum Gasteiger partial charge on any atom is -0.368 e. The first-order valence-corrected chi connectivity index (χ1v) is 7.17. The van der Waals surface area contributed by atoms with Crippen LogP contribution in [0.2, 0.25) is 0 Å².